The molecule has 0 aromatic heterocycles. The van der Waals surface area contributed by atoms with Crippen LogP contribution >= 0.6 is 0 Å². The molecule has 0 bridgehead atoms. The Hall–Kier alpha value is -0.610. The first-order valence-electron chi connectivity index (χ1n) is 7.49. The third-order valence-corrected chi connectivity index (χ3v) is 3.13. The zero-order valence-corrected chi connectivity index (χ0v) is 13.4. The molecule has 0 aromatic carbocycles. The Morgan fingerprint density at radius 1 is 1.21 bits per heavy atom. The molecule has 1 heterocycles. The van der Waals surface area contributed by atoms with Crippen LogP contribution < -0.4 is 5.32 Å². The summed E-state index contributed by atoms with van der Waals surface area (Å²) in [7, 11) is 1.64. The van der Waals surface area contributed by atoms with Crippen LogP contribution in [0.25, 0.3) is 0 Å². The first-order valence-corrected chi connectivity index (χ1v) is 7.49. The predicted octanol–water partition coefficient (Wildman–Crippen LogP) is 2.14. The molecule has 1 rings (SSSR count). The van der Waals surface area contributed by atoms with Crippen LogP contribution in [0.15, 0.2) is 0 Å². The van der Waals surface area contributed by atoms with Crippen molar-refractivity contribution in [2.75, 3.05) is 39.9 Å². The Morgan fingerprint density at radius 2 is 1.79 bits per heavy atom. The quantitative estimate of drug-likeness (QED) is 0.834. The first kappa shape index (κ1) is 18.4. The van der Waals surface area contributed by atoms with Crippen molar-refractivity contribution in [1.82, 2.24) is 10.2 Å². The molecule has 0 radical (unpaired) electrons. The van der Waals surface area contributed by atoms with Gasteiger partial charge in [-0.25, -0.2) is 0 Å². The van der Waals surface area contributed by atoms with Gasteiger partial charge >= 0.3 is 0 Å². The summed E-state index contributed by atoms with van der Waals surface area (Å²) in [5.74, 6) is 1.07. The van der Waals surface area contributed by atoms with Crippen molar-refractivity contribution in [1.29, 1.82) is 0 Å². The summed E-state index contributed by atoms with van der Waals surface area (Å²) in [4.78, 5) is 12.9. The molecule has 1 aliphatic rings. The lowest BCUT2D eigenvalue weighted by atomic mass is 10.1. The fraction of sp³-hybridized carbons (Fsp3) is 0.933. The number of carbonyl (C=O) groups is 1. The van der Waals surface area contributed by atoms with Crippen molar-refractivity contribution in [3.63, 3.8) is 0 Å². The molecule has 0 atom stereocenters. The highest BCUT2D eigenvalue weighted by atomic mass is 16.5. The van der Waals surface area contributed by atoms with E-state index in [1.54, 1.807) is 7.05 Å². The highest BCUT2D eigenvalue weighted by molar-refractivity contribution is 5.77. The van der Waals surface area contributed by atoms with Crippen molar-refractivity contribution in [3.05, 3.63) is 0 Å². The van der Waals surface area contributed by atoms with Gasteiger partial charge in [-0.2, -0.15) is 0 Å². The van der Waals surface area contributed by atoms with E-state index in [1.807, 2.05) is 13.8 Å². The summed E-state index contributed by atoms with van der Waals surface area (Å²) in [5.41, 5.74) is 0. The maximum absolute atomic E-state index is 10.4. The van der Waals surface area contributed by atoms with Gasteiger partial charge in [-0.05, 0) is 25.3 Å². The molecule has 19 heavy (non-hydrogen) atoms. The third-order valence-electron chi connectivity index (χ3n) is 3.13. The zero-order chi connectivity index (χ0) is 14.7. The lowest BCUT2D eigenvalue weighted by Gasteiger charge is -2.26. The molecule has 1 saturated heterocycles. The van der Waals surface area contributed by atoms with Crippen LogP contribution in [-0.2, 0) is 9.53 Å². The number of carbonyl (C=O) groups excluding carboxylic acids is 1. The second-order valence-corrected chi connectivity index (χ2v) is 5.76. The molecule has 0 aromatic rings. The summed E-state index contributed by atoms with van der Waals surface area (Å²) >= 11 is 0. The average molecular weight is 272 g/mol. The number of amides is 1. The van der Waals surface area contributed by atoms with E-state index in [1.165, 1.54) is 19.4 Å². The largest absolute Gasteiger partial charge is 0.379 e. The van der Waals surface area contributed by atoms with Gasteiger partial charge in [-0.3, -0.25) is 9.69 Å². The van der Waals surface area contributed by atoms with E-state index in [-0.39, 0.29) is 11.8 Å². The molecule has 4 nitrogen and oxygen atoms in total. The average Bonchev–Trinajstić information content (AvgIpc) is 2.39. The number of morpholine rings is 1. The van der Waals surface area contributed by atoms with Crippen molar-refractivity contribution >= 4 is 5.91 Å². The Labute approximate surface area is 118 Å². The van der Waals surface area contributed by atoms with E-state index in [2.05, 4.69) is 24.1 Å². The predicted molar refractivity (Wildman–Crippen MR) is 80.2 cm³/mol. The van der Waals surface area contributed by atoms with Crippen molar-refractivity contribution in [2.24, 2.45) is 11.8 Å². The zero-order valence-electron chi connectivity index (χ0n) is 13.4. The second kappa shape index (κ2) is 11.2. The van der Waals surface area contributed by atoms with Crippen LogP contribution in [0.3, 0.4) is 0 Å². The van der Waals surface area contributed by atoms with Gasteiger partial charge in [0.1, 0.15) is 0 Å². The highest BCUT2D eigenvalue weighted by Crippen LogP contribution is 2.05. The molecular weight excluding hydrogens is 240 g/mol. The van der Waals surface area contributed by atoms with Gasteiger partial charge in [0.2, 0.25) is 5.91 Å². The Balaban J connectivity index is 0.000000399. The third kappa shape index (κ3) is 11.0. The van der Waals surface area contributed by atoms with Crippen molar-refractivity contribution in [2.45, 2.75) is 40.5 Å². The molecule has 0 spiro atoms. The SMILES string of the molecule is CC(C)CCCN1CCOCC1.CNC(=O)C(C)C. The highest BCUT2D eigenvalue weighted by Gasteiger charge is 2.09. The van der Waals surface area contributed by atoms with E-state index >= 15 is 0 Å². The van der Waals surface area contributed by atoms with Gasteiger partial charge in [0.25, 0.3) is 0 Å². The molecule has 1 fully saturated rings. The normalized spacial score (nSPS) is 16.2. The second-order valence-electron chi connectivity index (χ2n) is 5.76. The topological polar surface area (TPSA) is 41.6 Å². The molecule has 114 valence electrons. The van der Waals surface area contributed by atoms with Crippen LogP contribution in [0.5, 0.6) is 0 Å². The van der Waals surface area contributed by atoms with E-state index in [4.69, 9.17) is 4.74 Å². The number of nitrogens with zero attached hydrogens (tertiary/aromatic N) is 1. The van der Waals surface area contributed by atoms with Gasteiger partial charge in [0.15, 0.2) is 0 Å². The molecule has 4 heteroatoms. The summed E-state index contributed by atoms with van der Waals surface area (Å²) in [6.45, 7) is 13.7. The number of nitrogens with one attached hydrogen (secondary N) is 1. The Morgan fingerprint density at radius 3 is 2.16 bits per heavy atom. The molecule has 0 saturated carbocycles. The molecular formula is C15H32N2O2. The van der Waals surface area contributed by atoms with Crippen LogP contribution in [0.2, 0.25) is 0 Å². The molecule has 1 aliphatic heterocycles. The van der Waals surface area contributed by atoms with Gasteiger partial charge < -0.3 is 10.1 Å². The molecule has 0 aliphatic carbocycles. The minimum Gasteiger partial charge on any atom is -0.379 e. The standard InChI is InChI=1S/C10H21NO.C5H11NO/c1-10(2)4-3-5-11-6-8-12-9-7-11;1-4(2)5(7)6-3/h10H,3-9H2,1-2H3;4H,1-3H3,(H,6,7). The summed E-state index contributed by atoms with van der Waals surface area (Å²) in [5, 5.41) is 2.53. The fourth-order valence-corrected chi connectivity index (χ4v) is 1.84. The van der Waals surface area contributed by atoms with E-state index < -0.39 is 0 Å². The van der Waals surface area contributed by atoms with Crippen LogP contribution in [0, 0.1) is 11.8 Å². The summed E-state index contributed by atoms with van der Waals surface area (Å²) < 4.78 is 5.29. The van der Waals surface area contributed by atoms with Crippen LogP contribution in [0.1, 0.15) is 40.5 Å². The Bertz CT molecular complexity index is 224. The minimum absolute atomic E-state index is 0.0972. The lowest BCUT2D eigenvalue weighted by Crippen LogP contribution is -2.36. The van der Waals surface area contributed by atoms with E-state index in [9.17, 15) is 4.79 Å². The number of hydrogen-bond donors (Lipinski definition) is 1. The maximum atomic E-state index is 10.4. The summed E-state index contributed by atoms with van der Waals surface area (Å²) in [6, 6.07) is 0. The number of hydrogen-bond acceptors (Lipinski definition) is 3. The minimum atomic E-state index is 0.0972. The molecule has 1 N–H and O–H groups in total. The van der Waals surface area contributed by atoms with Gasteiger partial charge in [0.05, 0.1) is 13.2 Å². The van der Waals surface area contributed by atoms with Crippen LogP contribution in [0.4, 0.5) is 0 Å². The maximum Gasteiger partial charge on any atom is 0.222 e. The molecule has 1 amide bonds. The van der Waals surface area contributed by atoms with E-state index in [0.29, 0.717) is 0 Å². The lowest BCUT2D eigenvalue weighted by molar-refractivity contribution is -0.123. The monoisotopic (exact) mass is 272 g/mol. The first-order chi connectivity index (χ1) is 8.97. The van der Waals surface area contributed by atoms with Gasteiger partial charge in [0, 0.05) is 26.1 Å². The number of ether oxygens (including phenoxy) is 1. The van der Waals surface area contributed by atoms with Crippen LogP contribution in [-0.4, -0.2) is 50.7 Å². The number of rotatable bonds is 5. The van der Waals surface area contributed by atoms with Gasteiger partial charge in [-0.1, -0.05) is 27.7 Å². The Kier molecular flexibility index (Phi) is 10.9. The fourth-order valence-electron chi connectivity index (χ4n) is 1.84. The molecule has 0 unspecified atom stereocenters. The van der Waals surface area contributed by atoms with Crippen molar-refractivity contribution in [3.8, 4) is 0 Å². The van der Waals surface area contributed by atoms with Crippen molar-refractivity contribution < 1.29 is 9.53 Å². The summed E-state index contributed by atoms with van der Waals surface area (Å²) in [6.07, 6.45) is 2.70. The smallest absolute Gasteiger partial charge is 0.222 e. The van der Waals surface area contributed by atoms with E-state index in [0.717, 1.165) is 32.2 Å². The van der Waals surface area contributed by atoms with Gasteiger partial charge in [-0.15, -0.1) is 0 Å².